The Morgan fingerprint density at radius 3 is 2.65 bits per heavy atom. The van der Waals surface area contributed by atoms with Crippen LogP contribution in [0, 0.1) is 19.7 Å². The molecule has 118 valence electrons. The Morgan fingerprint density at radius 1 is 1.30 bits per heavy atom. The second-order valence-corrected chi connectivity index (χ2v) is 5.19. The van der Waals surface area contributed by atoms with Crippen LogP contribution in [0.15, 0.2) is 34.9 Å². The minimum atomic E-state index is -0.920. The molecule has 0 unspecified atom stereocenters. The van der Waals surface area contributed by atoms with E-state index in [1.807, 2.05) is 6.92 Å². The van der Waals surface area contributed by atoms with Gasteiger partial charge in [0.05, 0.1) is 5.56 Å². The molecule has 23 heavy (non-hydrogen) atoms. The number of aromatic nitrogens is 3. The summed E-state index contributed by atoms with van der Waals surface area (Å²) in [4.78, 5) is 15.2. The van der Waals surface area contributed by atoms with Crippen molar-refractivity contribution in [3.05, 3.63) is 47.5 Å². The molecule has 0 saturated heterocycles. The van der Waals surface area contributed by atoms with Gasteiger partial charge in [0.1, 0.15) is 12.4 Å². The number of nitrogens with zero attached hydrogens (tertiary/aromatic N) is 3. The van der Waals surface area contributed by atoms with Gasteiger partial charge in [0.25, 0.3) is 5.89 Å². The van der Waals surface area contributed by atoms with E-state index in [1.165, 1.54) is 12.1 Å². The maximum atomic E-state index is 13.0. The molecule has 0 amide bonds. The smallest absolute Gasteiger partial charge is 0.323 e. The molecule has 0 fully saturated rings. The normalized spacial score (nSPS) is 10.9. The van der Waals surface area contributed by atoms with E-state index in [2.05, 4.69) is 10.1 Å². The summed E-state index contributed by atoms with van der Waals surface area (Å²) in [6.07, 6.45) is 0. The van der Waals surface area contributed by atoms with Crippen molar-refractivity contribution >= 4 is 5.97 Å². The first kappa shape index (κ1) is 15.0. The summed E-state index contributed by atoms with van der Waals surface area (Å²) in [5.74, 6) is -0.609. The number of benzene rings is 1. The molecule has 3 rings (SSSR count). The molecular formula is C16H14FN3O3. The summed E-state index contributed by atoms with van der Waals surface area (Å²) < 4.78 is 19.9. The third-order valence-corrected chi connectivity index (χ3v) is 3.63. The minimum Gasteiger partial charge on any atom is -0.480 e. The topological polar surface area (TPSA) is 81.2 Å². The zero-order chi connectivity index (χ0) is 16.6. The van der Waals surface area contributed by atoms with E-state index in [0.29, 0.717) is 22.8 Å². The van der Waals surface area contributed by atoms with E-state index >= 15 is 0 Å². The highest BCUT2D eigenvalue weighted by Gasteiger charge is 2.18. The van der Waals surface area contributed by atoms with Crippen molar-refractivity contribution in [1.29, 1.82) is 0 Å². The molecule has 7 heteroatoms. The summed E-state index contributed by atoms with van der Waals surface area (Å²) in [6.45, 7) is 3.49. The molecule has 3 aromatic rings. The maximum absolute atomic E-state index is 13.0. The van der Waals surface area contributed by atoms with Crippen LogP contribution < -0.4 is 0 Å². The quantitative estimate of drug-likeness (QED) is 0.800. The van der Waals surface area contributed by atoms with Crippen molar-refractivity contribution in [2.75, 3.05) is 0 Å². The van der Waals surface area contributed by atoms with Crippen LogP contribution in [-0.2, 0) is 11.3 Å². The minimum absolute atomic E-state index is 0.128. The van der Waals surface area contributed by atoms with Crippen molar-refractivity contribution < 1.29 is 18.8 Å². The molecule has 0 atom stereocenters. The summed E-state index contributed by atoms with van der Waals surface area (Å²) >= 11 is 0. The average Bonchev–Trinajstić information content (AvgIpc) is 3.08. The van der Waals surface area contributed by atoms with Crippen molar-refractivity contribution in [2.45, 2.75) is 20.4 Å². The molecule has 0 aliphatic rings. The summed E-state index contributed by atoms with van der Waals surface area (Å²) in [7, 11) is 0. The molecule has 6 nitrogen and oxygen atoms in total. The first-order valence-electron chi connectivity index (χ1n) is 6.94. The predicted octanol–water partition coefficient (Wildman–Crippen LogP) is 3.05. The molecule has 0 aliphatic carbocycles. The van der Waals surface area contributed by atoms with Crippen LogP contribution in [0.5, 0.6) is 0 Å². The molecule has 0 spiro atoms. The van der Waals surface area contributed by atoms with Crippen molar-refractivity contribution in [3.63, 3.8) is 0 Å². The second kappa shape index (κ2) is 5.68. The van der Waals surface area contributed by atoms with Gasteiger partial charge in [-0.05, 0) is 44.2 Å². The van der Waals surface area contributed by atoms with Crippen LogP contribution in [0.3, 0.4) is 0 Å². The summed E-state index contributed by atoms with van der Waals surface area (Å²) in [5, 5.41) is 12.9. The fraction of sp³-hybridized carbons (Fsp3) is 0.188. The molecule has 0 saturated carbocycles. The van der Waals surface area contributed by atoms with Crippen LogP contribution in [0.25, 0.3) is 22.8 Å². The van der Waals surface area contributed by atoms with Crippen molar-refractivity contribution in [1.82, 2.24) is 14.7 Å². The third-order valence-electron chi connectivity index (χ3n) is 3.63. The standard InChI is InChI=1S/C16H14FN3O3/c1-9-7-13(10(2)20(9)8-14(21)22)16-18-15(19-23-16)11-3-5-12(17)6-4-11/h3-7H,8H2,1-2H3,(H,21,22). The molecular weight excluding hydrogens is 301 g/mol. The van der Waals surface area contributed by atoms with Crippen LogP contribution in [0.1, 0.15) is 11.4 Å². The van der Waals surface area contributed by atoms with E-state index in [1.54, 1.807) is 29.7 Å². The van der Waals surface area contributed by atoms with Gasteiger partial charge in [0.15, 0.2) is 0 Å². The molecule has 0 aliphatic heterocycles. The van der Waals surface area contributed by atoms with E-state index in [-0.39, 0.29) is 12.4 Å². The maximum Gasteiger partial charge on any atom is 0.323 e. The lowest BCUT2D eigenvalue weighted by Crippen LogP contribution is -2.11. The number of carbonyl (C=O) groups is 1. The highest BCUT2D eigenvalue weighted by Crippen LogP contribution is 2.27. The van der Waals surface area contributed by atoms with Crippen LogP contribution in [0.4, 0.5) is 4.39 Å². The number of hydrogen-bond acceptors (Lipinski definition) is 4. The number of halogens is 1. The van der Waals surface area contributed by atoms with Gasteiger partial charge >= 0.3 is 5.97 Å². The van der Waals surface area contributed by atoms with Gasteiger partial charge in [-0.2, -0.15) is 4.98 Å². The Balaban J connectivity index is 1.97. The molecule has 0 bridgehead atoms. The fourth-order valence-electron chi connectivity index (χ4n) is 2.45. The Hall–Kier alpha value is -2.96. The van der Waals surface area contributed by atoms with Gasteiger partial charge in [-0.25, -0.2) is 4.39 Å². The van der Waals surface area contributed by atoms with Gasteiger partial charge in [0, 0.05) is 17.0 Å². The number of rotatable bonds is 4. The second-order valence-electron chi connectivity index (χ2n) is 5.19. The van der Waals surface area contributed by atoms with Gasteiger partial charge in [-0.3, -0.25) is 4.79 Å². The summed E-state index contributed by atoms with van der Waals surface area (Å²) in [5.41, 5.74) is 2.85. The lowest BCUT2D eigenvalue weighted by atomic mass is 10.2. The molecule has 1 aromatic carbocycles. The number of carboxylic acids is 1. The van der Waals surface area contributed by atoms with Crippen LogP contribution in [-0.4, -0.2) is 25.8 Å². The van der Waals surface area contributed by atoms with E-state index in [9.17, 15) is 9.18 Å². The molecule has 0 radical (unpaired) electrons. The lowest BCUT2D eigenvalue weighted by molar-refractivity contribution is -0.137. The molecule has 1 N–H and O–H groups in total. The number of hydrogen-bond donors (Lipinski definition) is 1. The zero-order valence-corrected chi connectivity index (χ0v) is 12.6. The van der Waals surface area contributed by atoms with Crippen LogP contribution >= 0.6 is 0 Å². The predicted molar refractivity (Wildman–Crippen MR) is 80.2 cm³/mol. The fourth-order valence-corrected chi connectivity index (χ4v) is 2.45. The third kappa shape index (κ3) is 2.85. The lowest BCUT2D eigenvalue weighted by Gasteiger charge is -2.05. The van der Waals surface area contributed by atoms with Crippen molar-refractivity contribution in [2.24, 2.45) is 0 Å². The molecule has 2 aromatic heterocycles. The van der Waals surface area contributed by atoms with Crippen LogP contribution in [0.2, 0.25) is 0 Å². The molecule has 2 heterocycles. The number of aliphatic carboxylic acids is 1. The Kier molecular flexibility index (Phi) is 3.69. The Labute approximate surface area is 131 Å². The highest BCUT2D eigenvalue weighted by atomic mass is 19.1. The number of carboxylic acid groups (broad SMARTS) is 1. The first-order valence-corrected chi connectivity index (χ1v) is 6.94. The van der Waals surface area contributed by atoms with E-state index < -0.39 is 5.97 Å². The summed E-state index contributed by atoms with van der Waals surface area (Å²) in [6, 6.07) is 7.59. The largest absolute Gasteiger partial charge is 0.480 e. The SMILES string of the molecule is Cc1cc(-c2nc(-c3ccc(F)cc3)no2)c(C)n1CC(=O)O. The average molecular weight is 315 g/mol. The van der Waals surface area contributed by atoms with Gasteiger partial charge in [-0.15, -0.1) is 0 Å². The Morgan fingerprint density at radius 2 is 2.00 bits per heavy atom. The van der Waals surface area contributed by atoms with Gasteiger partial charge in [-0.1, -0.05) is 5.16 Å². The monoisotopic (exact) mass is 315 g/mol. The first-order chi connectivity index (χ1) is 11.0. The van der Waals surface area contributed by atoms with Gasteiger partial charge < -0.3 is 14.2 Å². The van der Waals surface area contributed by atoms with E-state index in [4.69, 9.17) is 9.63 Å². The zero-order valence-electron chi connectivity index (χ0n) is 12.6. The van der Waals surface area contributed by atoms with Gasteiger partial charge in [0.2, 0.25) is 5.82 Å². The van der Waals surface area contributed by atoms with E-state index in [0.717, 1.165) is 11.4 Å². The highest BCUT2D eigenvalue weighted by molar-refractivity contribution is 5.68. The van der Waals surface area contributed by atoms with Crippen molar-refractivity contribution in [3.8, 4) is 22.8 Å². The Bertz CT molecular complexity index is 865. The number of aryl methyl sites for hydroxylation is 1.